The molecule has 3 aliphatic rings. The largest absolute Gasteiger partial charge is 0.369 e. The first-order valence-corrected chi connectivity index (χ1v) is 15.6. The molecule has 42 heavy (non-hydrogen) atoms. The molecule has 226 valence electrons. The standard InChI is InChI=1S/C31H43ClN8O2/c1-20-15-27-23(17-34-40(27)28-7-5-6-14-42-28)30(29(20)32)39-11-8-22-25(19-39)36-24(31(41)35-21(2)18-37(3)4)16-26(22)38-12-9-33-10-13-38/h15-17,21,28,33H,5-14,18-19H2,1-4H3,(H,35,41). The second-order valence-corrected chi connectivity index (χ2v) is 12.6. The van der Waals surface area contributed by atoms with Crippen molar-refractivity contribution in [1.29, 1.82) is 0 Å². The summed E-state index contributed by atoms with van der Waals surface area (Å²) in [6.07, 6.45) is 5.90. The van der Waals surface area contributed by atoms with Crippen LogP contribution in [0.4, 0.5) is 11.4 Å². The summed E-state index contributed by atoms with van der Waals surface area (Å²) in [5.74, 6) is -0.134. The quantitative estimate of drug-likeness (QED) is 0.428. The third kappa shape index (κ3) is 5.82. The van der Waals surface area contributed by atoms with E-state index in [0.29, 0.717) is 12.2 Å². The van der Waals surface area contributed by atoms with Gasteiger partial charge in [-0.05, 0) is 71.3 Å². The van der Waals surface area contributed by atoms with Gasteiger partial charge >= 0.3 is 0 Å². The van der Waals surface area contributed by atoms with Crippen LogP contribution < -0.4 is 20.4 Å². The zero-order chi connectivity index (χ0) is 29.4. The number of hydrogen-bond donors (Lipinski definition) is 2. The molecule has 0 bridgehead atoms. The number of hydrogen-bond acceptors (Lipinski definition) is 8. The van der Waals surface area contributed by atoms with Gasteiger partial charge in [-0.25, -0.2) is 9.67 Å². The van der Waals surface area contributed by atoms with E-state index in [1.54, 1.807) is 0 Å². The number of nitrogens with one attached hydrogen (secondary N) is 2. The predicted octanol–water partition coefficient (Wildman–Crippen LogP) is 3.74. The third-order valence-electron chi connectivity index (χ3n) is 8.61. The van der Waals surface area contributed by atoms with Crippen LogP contribution in [0, 0.1) is 6.92 Å². The lowest BCUT2D eigenvalue weighted by Crippen LogP contribution is -2.45. The van der Waals surface area contributed by atoms with Gasteiger partial charge in [-0.2, -0.15) is 5.10 Å². The average Bonchev–Trinajstić information content (AvgIpc) is 3.40. The van der Waals surface area contributed by atoms with E-state index in [2.05, 4.69) is 38.3 Å². The third-order valence-corrected chi connectivity index (χ3v) is 9.08. The van der Waals surface area contributed by atoms with Crippen molar-refractivity contribution in [2.24, 2.45) is 0 Å². The molecule has 10 nitrogen and oxygen atoms in total. The number of amides is 1. The maximum Gasteiger partial charge on any atom is 0.270 e. The number of piperazine rings is 1. The first-order chi connectivity index (χ1) is 20.3. The van der Waals surface area contributed by atoms with E-state index in [0.717, 1.165) is 110 Å². The number of nitrogens with zero attached hydrogens (tertiary/aromatic N) is 6. The molecule has 3 aromatic rings. The van der Waals surface area contributed by atoms with Crippen molar-refractivity contribution >= 4 is 39.8 Å². The molecule has 11 heteroatoms. The Morgan fingerprint density at radius 3 is 2.76 bits per heavy atom. The Hall–Kier alpha value is -2.92. The van der Waals surface area contributed by atoms with Gasteiger partial charge < -0.3 is 30.1 Å². The molecule has 0 radical (unpaired) electrons. The Morgan fingerprint density at radius 2 is 2.02 bits per heavy atom. The lowest BCUT2D eigenvalue weighted by Gasteiger charge is -2.36. The highest BCUT2D eigenvalue weighted by Crippen LogP contribution is 2.41. The van der Waals surface area contributed by atoms with E-state index in [-0.39, 0.29) is 18.2 Å². The minimum atomic E-state index is -0.134. The first kappa shape index (κ1) is 29.2. The van der Waals surface area contributed by atoms with Gasteiger partial charge in [0, 0.05) is 68.6 Å². The summed E-state index contributed by atoms with van der Waals surface area (Å²) >= 11 is 7.05. The highest BCUT2D eigenvalue weighted by Gasteiger charge is 2.30. The molecular weight excluding hydrogens is 552 g/mol. The molecule has 0 saturated carbocycles. The molecule has 2 aromatic heterocycles. The van der Waals surface area contributed by atoms with Crippen molar-refractivity contribution in [3.8, 4) is 0 Å². The van der Waals surface area contributed by atoms with Crippen molar-refractivity contribution < 1.29 is 9.53 Å². The fraction of sp³-hybridized carbons (Fsp3) is 0.581. The molecule has 2 saturated heterocycles. The predicted molar refractivity (Wildman–Crippen MR) is 168 cm³/mol. The molecule has 2 unspecified atom stereocenters. The second-order valence-electron chi connectivity index (χ2n) is 12.2. The van der Waals surface area contributed by atoms with Gasteiger partial charge in [0.1, 0.15) is 5.69 Å². The smallest absolute Gasteiger partial charge is 0.270 e. The molecule has 3 aliphatic heterocycles. The lowest BCUT2D eigenvalue weighted by atomic mass is 9.99. The van der Waals surface area contributed by atoms with Crippen LogP contribution in [0.25, 0.3) is 10.9 Å². The Morgan fingerprint density at radius 1 is 1.21 bits per heavy atom. The number of carbonyl (C=O) groups excluding carboxylic acids is 1. The molecule has 1 aromatic carbocycles. The van der Waals surface area contributed by atoms with Gasteiger partial charge in [-0.3, -0.25) is 4.79 Å². The van der Waals surface area contributed by atoms with Gasteiger partial charge in [0.25, 0.3) is 5.91 Å². The van der Waals surface area contributed by atoms with Crippen LogP contribution in [0.2, 0.25) is 5.02 Å². The number of anilines is 2. The number of fused-ring (bicyclic) bond motifs is 2. The van der Waals surface area contributed by atoms with Crippen LogP contribution in [0.15, 0.2) is 18.3 Å². The van der Waals surface area contributed by atoms with E-state index < -0.39 is 0 Å². The summed E-state index contributed by atoms with van der Waals surface area (Å²) in [7, 11) is 4.02. The van der Waals surface area contributed by atoms with Crippen molar-refractivity contribution in [2.45, 2.75) is 58.3 Å². The zero-order valence-electron chi connectivity index (χ0n) is 25.2. The molecule has 6 rings (SSSR count). The van der Waals surface area contributed by atoms with Crippen molar-refractivity contribution in [1.82, 2.24) is 30.3 Å². The van der Waals surface area contributed by atoms with Gasteiger partial charge in [0.05, 0.1) is 34.7 Å². The van der Waals surface area contributed by atoms with Gasteiger partial charge in [0.15, 0.2) is 6.23 Å². The molecule has 0 aliphatic carbocycles. The van der Waals surface area contributed by atoms with E-state index >= 15 is 0 Å². The minimum absolute atomic E-state index is 0.00790. The molecule has 1 amide bonds. The number of pyridine rings is 1. The number of benzene rings is 1. The van der Waals surface area contributed by atoms with Gasteiger partial charge in [0.2, 0.25) is 0 Å². The van der Waals surface area contributed by atoms with Crippen LogP contribution in [-0.2, 0) is 17.7 Å². The van der Waals surface area contributed by atoms with Crippen molar-refractivity contribution in [2.75, 3.05) is 69.8 Å². The van der Waals surface area contributed by atoms with Crippen LogP contribution in [0.1, 0.15) is 59.7 Å². The van der Waals surface area contributed by atoms with Crippen LogP contribution in [-0.4, -0.2) is 91.6 Å². The Kier molecular flexibility index (Phi) is 8.58. The number of likely N-dealkylation sites (N-methyl/N-ethyl adjacent to an activating group) is 1. The topological polar surface area (TPSA) is 90.8 Å². The normalized spacial score (nSPS) is 20.2. The van der Waals surface area contributed by atoms with Gasteiger partial charge in [-0.1, -0.05) is 11.6 Å². The van der Waals surface area contributed by atoms with Gasteiger partial charge in [-0.15, -0.1) is 0 Å². The first-order valence-electron chi connectivity index (χ1n) is 15.3. The van der Waals surface area contributed by atoms with E-state index in [1.807, 2.05) is 38.0 Å². The molecule has 2 fully saturated rings. The van der Waals surface area contributed by atoms with Crippen molar-refractivity contribution in [3.63, 3.8) is 0 Å². The lowest BCUT2D eigenvalue weighted by molar-refractivity contribution is -0.0366. The number of rotatable bonds is 7. The van der Waals surface area contributed by atoms with E-state index in [1.165, 1.54) is 5.56 Å². The van der Waals surface area contributed by atoms with Crippen LogP contribution >= 0.6 is 11.6 Å². The van der Waals surface area contributed by atoms with Crippen molar-refractivity contribution in [3.05, 3.63) is 45.9 Å². The Bertz CT molecular complexity index is 1440. The number of aryl methyl sites for hydroxylation is 1. The fourth-order valence-electron chi connectivity index (χ4n) is 6.63. The molecule has 5 heterocycles. The maximum atomic E-state index is 13.5. The molecule has 2 N–H and O–H groups in total. The number of ether oxygens (including phenoxy) is 1. The Labute approximate surface area is 253 Å². The average molecular weight is 595 g/mol. The summed E-state index contributed by atoms with van der Waals surface area (Å²) < 4.78 is 8.11. The van der Waals surface area contributed by atoms with E-state index in [4.69, 9.17) is 26.4 Å². The Balaban J connectivity index is 1.37. The molecule has 0 spiro atoms. The number of halogens is 1. The molecular formula is C31H43ClN8O2. The highest BCUT2D eigenvalue weighted by atomic mass is 35.5. The zero-order valence-corrected chi connectivity index (χ0v) is 26.0. The molecule has 2 atom stereocenters. The number of aromatic nitrogens is 3. The fourth-order valence-corrected chi connectivity index (χ4v) is 6.91. The monoisotopic (exact) mass is 594 g/mol. The summed E-state index contributed by atoms with van der Waals surface area (Å²) in [4.78, 5) is 25.2. The summed E-state index contributed by atoms with van der Waals surface area (Å²) in [5, 5.41) is 13.1. The summed E-state index contributed by atoms with van der Waals surface area (Å²) in [6.45, 7) is 10.7. The minimum Gasteiger partial charge on any atom is -0.369 e. The van der Waals surface area contributed by atoms with Crippen LogP contribution in [0.5, 0.6) is 0 Å². The highest BCUT2D eigenvalue weighted by molar-refractivity contribution is 6.35. The summed E-state index contributed by atoms with van der Waals surface area (Å²) in [6, 6.07) is 4.14. The van der Waals surface area contributed by atoms with Crippen LogP contribution in [0.3, 0.4) is 0 Å². The van der Waals surface area contributed by atoms with E-state index in [9.17, 15) is 4.79 Å². The maximum absolute atomic E-state index is 13.5. The summed E-state index contributed by atoms with van der Waals surface area (Å²) in [5.41, 5.74) is 6.82. The second kappa shape index (κ2) is 12.4. The number of carbonyl (C=O) groups is 1. The SMILES string of the molecule is Cc1cc2c(cnn2C2CCCCO2)c(N2CCc3c(N4CCNCC4)cc(C(=O)NC(C)CN(C)C)nc3C2)c1Cl.